The van der Waals surface area contributed by atoms with Crippen molar-refractivity contribution in [3.05, 3.63) is 41.8 Å². The van der Waals surface area contributed by atoms with Crippen molar-refractivity contribution in [3.8, 4) is 11.1 Å². The smallest absolute Gasteiger partial charge is 0.275 e. The first-order chi connectivity index (χ1) is 7.59. The molecule has 0 unspecified atom stereocenters. The second-order valence-electron chi connectivity index (χ2n) is 2.97. The van der Waals surface area contributed by atoms with Crippen molar-refractivity contribution in [2.45, 2.75) is 0 Å². The number of nitrogens with zero attached hydrogens (tertiary/aromatic N) is 1. The van der Waals surface area contributed by atoms with Crippen LogP contribution in [0.5, 0.6) is 0 Å². The van der Waals surface area contributed by atoms with Gasteiger partial charge in [-0.05, 0) is 23.7 Å². The molecule has 1 aromatic heterocycles. The van der Waals surface area contributed by atoms with Gasteiger partial charge >= 0.3 is 0 Å². The Bertz CT molecular complexity index is 554. The molecule has 0 fully saturated rings. The molecule has 16 heavy (non-hydrogen) atoms. The van der Waals surface area contributed by atoms with E-state index in [9.17, 15) is 13.6 Å². The van der Waals surface area contributed by atoms with Crippen molar-refractivity contribution in [2.75, 3.05) is 0 Å². The van der Waals surface area contributed by atoms with Gasteiger partial charge in [0.15, 0.2) is 5.69 Å². The molecule has 0 spiro atoms. The second-order valence-corrected chi connectivity index (χ2v) is 3.32. The third kappa shape index (κ3) is 1.81. The molecule has 0 radical (unpaired) electrons. The lowest BCUT2D eigenvalue weighted by Crippen LogP contribution is -1.94. The summed E-state index contributed by atoms with van der Waals surface area (Å²) in [4.78, 5) is 10.9. The molecule has 2 aromatic rings. The quantitative estimate of drug-likeness (QED) is 0.762. The van der Waals surface area contributed by atoms with Crippen LogP contribution >= 0.6 is 11.6 Å². The van der Waals surface area contributed by atoms with Gasteiger partial charge in [0.05, 0.1) is 5.56 Å². The van der Waals surface area contributed by atoms with Gasteiger partial charge in [-0.1, -0.05) is 5.16 Å². The molecular formula is C10H4ClF2NO2. The zero-order chi connectivity index (χ0) is 11.7. The molecule has 2 rings (SSSR count). The lowest BCUT2D eigenvalue weighted by atomic mass is 10.1. The maximum atomic E-state index is 13.4. The first-order valence-corrected chi connectivity index (χ1v) is 4.57. The summed E-state index contributed by atoms with van der Waals surface area (Å²) in [6, 6.07) is 2.94. The molecule has 82 valence electrons. The van der Waals surface area contributed by atoms with Gasteiger partial charge in [-0.25, -0.2) is 8.78 Å². The van der Waals surface area contributed by atoms with E-state index in [0.717, 1.165) is 12.3 Å². The average Bonchev–Trinajstić information content (AvgIpc) is 2.66. The first-order valence-electron chi connectivity index (χ1n) is 4.19. The molecule has 3 nitrogen and oxygen atoms in total. The van der Waals surface area contributed by atoms with E-state index >= 15 is 0 Å². The number of aromatic nitrogens is 1. The largest absolute Gasteiger partial charge is 0.363 e. The van der Waals surface area contributed by atoms with Gasteiger partial charge in [-0.15, -0.1) is 0 Å². The Labute approximate surface area is 93.6 Å². The van der Waals surface area contributed by atoms with Crippen LogP contribution in [0, 0.1) is 11.6 Å². The fourth-order valence-electron chi connectivity index (χ4n) is 1.28. The molecule has 0 atom stereocenters. The summed E-state index contributed by atoms with van der Waals surface area (Å²) in [7, 11) is 0. The Kier molecular flexibility index (Phi) is 2.70. The van der Waals surface area contributed by atoms with E-state index in [2.05, 4.69) is 9.68 Å². The molecule has 0 aliphatic rings. The normalized spacial score (nSPS) is 10.4. The van der Waals surface area contributed by atoms with Crippen LogP contribution in [0.2, 0.25) is 0 Å². The van der Waals surface area contributed by atoms with Gasteiger partial charge < -0.3 is 4.52 Å². The van der Waals surface area contributed by atoms with Crippen molar-refractivity contribution in [1.29, 1.82) is 0 Å². The number of rotatable bonds is 2. The van der Waals surface area contributed by atoms with E-state index in [0.29, 0.717) is 6.07 Å². The van der Waals surface area contributed by atoms with Crippen molar-refractivity contribution in [2.24, 2.45) is 0 Å². The van der Waals surface area contributed by atoms with E-state index in [1.54, 1.807) is 0 Å². The summed E-state index contributed by atoms with van der Waals surface area (Å²) in [6.07, 6.45) is 1.08. The number of halogens is 3. The zero-order valence-electron chi connectivity index (χ0n) is 7.71. The highest BCUT2D eigenvalue weighted by molar-refractivity contribution is 6.68. The molecule has 0 saturated heterocycles. The molecule has 0 bridgehead atoms. The predicted molar refractivity (Wildman–Crippen MR) is 52.0 cm³/mol. The van der Waals surface area contributed by atoms with Crippen molar-refractivity contribution in [1.82, 2.24) is 5.16 Å². The maximum Gasteiger partial charge on any atom is 0.275 e. The average molecular weight is 244 g/mol. The van der Waals surface area contributed by atoms with E-state index in [1.807, 2.05) is 0 Å². The number of carbonyl (C=O) groups is 1. The number of hydrogen-bond donors (Lipinski definition) is 0. The Balaban J connectivity index is 2.59. The van der Waals surface area contributed by atoms with Crippen molar-refractivity contribution >= 4 is 16.8 Å². The lowest BCUT2D eigenvalue weighted by Gasteiger charge is -2.00. The Hall–Kier alpha value is -1.75. The van der Waals surface area contributed by atoms with Crippen LogP contribution in [0.15, 0.2) is 29.0 Å². The predicted octanol–water partition coefficient (Wildman–Crippen LogP) is 3.00. The van der Waals surface area contributed by atoms with E-state index in [-0.39, 0.29) is 16.8 Å². The number of hydrogen-bond acceptors (Lipinski definition) is 3. The van der Waals surface area contributed by atoms with Crippen LogP contribution in [0.1, 0.15) is 10.5 Å². The Morgan fingerprint density at radius 1 is 1.31 bits per heavy atom. The highest BCUT2D eigenvalue weighted by atomic mass is 35.5. The minimum absolute atomic E-state index is 0.00616. The third-order valence-electron chi connectivity index (χ3n) is 1.98. The summed E-state index contributed by atoms with van der Waals surface area (Å²) < 4.78 is 30.6. The van der Waals surface area contributed by atoms with E-state index < -0.39 is 16.9 Å². The summed E-state index contributed by atoms with van der Waals surface area (Å²) >= 11 is 5.23. The molecular weight excluding hydrogens is 240 g/mol. The zero-order valence-corrected chi connectivity index (χ0v) is 8.46. The highest BCUT2D eigenvalue weighted by Gasteiger charge is 2.18. The van der Waals surface area contributed by atoms with Crippen LogP contribution in [0.3, 0.4) is 0 Å². The SMILES string of the molecule is O=C(Cl)c1nocc1-c1ccc(F)cc1F. The molecule has 6 heteroatoms. The Morgan fingerprint density at radius 2 is 2.06 bits per heavy atom. The lowest BCUT2D eigenvalue weighted by molar-refractivity contribution is 0.107. The van der Waals surface area contributed by atoms with Gasteiger partial charge in [-0.3, -0.25) is 4.79 Å². The van der Waals surface area contributed by atoms with Gasteiger partial charge in [0, 0.05) is 11.6 Å². The third-order valence-corrected chi connectivity index (χ3v) is 2.16. The molecule has 1 aromatic carbocycles. The van der Waals surface area contributed by atoms with Gasteiger partial charge in [-0.2, -0.15) is 0 Å². The topological polar surface area (TPSA) is 43.1 Å². The summed E-state index contributed by atoms with van der Waals surface area (Å²) in [5.41, 5.74) is -0.101. The standard InChI is InChI=1S/C10H4ClF2NO2/c11-10(15)9-7(4-16-14-9)6-2-1-5(12)3-8(6)13/h1-4H. The summed E-state index contributed by atoms with van der Waals surface area (Å²) in [5.74, 6) is -1.53. The Morgan fingerprint density at radius 3 is 2.69 bits per heavy atom. The molecule has 0 aliphatic heterocycles. The molecule has 0 N–H and O–H groups in total. The minimum Gasteiger partial charge on any atom is -0.363 e. The van der Waals surface area contributed by atoms with Gasteiger partial charge in [0.25, 0.3) is 5.24 Å². The van der Waals surface area contributed by atoms with Gasteiger partial charge in [0.1, 0.15) is 17.9 Å². The highest BCUT2D eigenvalue weighted by Crippen LogP contribution is 2.27. The van der Waals surface area contributed by atoms with E-state index in [4.69, 9.17) is 11.6 Å². The van der Waals surface area contributed by atoms with Crippen LogP contribution in [0.4, 0.5) is 8.78 Å². The van der Waals surface area contributed by atoms with E-state index in [1.165, 1.54) is 6.07 Å². The van der Waals surface area contributed by atoms with Crippen LogP contribution < -0.4 is 0 Å². The second kappa shape index (κ2) is 4.02. The van der Waals surface area contributed by atoms with Crippen molar-refractivity contribution in [3.63, 3.8) is 0 Å². The van der Waals surface area contributed by atoms with Crippen LogP contribution in [0.25, 0.3) is 11.1 Å². The number of carbonyl (C=O) groups excluding carboxylic acids is 1. The molecule has 0 amide bonds. The minimum atomic E-state index is -0.868. The monoisotopic (exact) mass is 243 g/mol. The molecule has 1 heterocycles. The van der Waals surface area contributed by atoms with Crippen LogP contribution in [-0.4, -0.2) is 10.4 Å². The fraction of sp³-hybridized carbons (Fsp3) is 0. The summed E-state index contributed by atoms with van der Waals surface area (Å²) in [6.45, 7) is 0. The van der Waals surface area contributed by atoms with Crippen LogP contribution in [-0.2, 0) is 0 Å². The van der Waals surface area contributed by atoms with Crippen molar-refractivity contribution < 1.29 is 18.1 Å². The summed E-state index contributed by atoms with van der Waals surface area (Å²) in [5, 5.41) is 2.47. The number of benzene rings is 1. The maximum absolute atomic E-state index is 13.4. The first kappa shape index (κ1) is 10.8. The van der Waals surface area contributed by atoms with Gasteiger partial charge in [0.2, 0.25) is 0 Å². The molecule has 0 saturated carbocycles. The fourth-order valence-corrected chi connectivity index (χ4v) is 1.41. The molecule has 0 aliphatic carbocycles.